The van der Waals surface area contributed by atoms with Gasteiger partial charge in [-0.25, -0.2) is 19.4 Å². The first-order chi connectivity index (χ1) is 11.6. The molecule has 1 aromatic carbocycles. The summed E-state index contributed by atoms with van der Waals surface area (Å²) in [5.74, 6) is 0.143. The number of aromatic carboxylic acids is 1. The van der Waals surface area contributed by atoms with Gasteiger partial charge in [0, 0.05) is 17.1 Å². The molecule has 122 valence electrons. The zero-order chi connectivity index (χ0) is 16.8. The summed E-state index contributed by atoms with van der Waals surface area (Å²) in [7, 11) is 1.58. The largest absolute Gasteiger partial charge is 0.476 e. The second-order valence-electron chi connectivity index (χ2n) is 5.32. The molecular formula is C15H12BrN5O3. The van der Waals surface area contributed by atoms with Crippen LogP contribution in [0.3, 0.4) is 0 Å². The number of aromatic nitrogens is 5. The normalized spacial score (nSPS) is 12.2. The van der Waals surface area contributed by atoms with Gasteiger partial charge in [0.1, 0.15) is 12.9 Å². The highest BCUT2D eigenvalue weighted by atomic mass is 79.9. The van der Waals surface area contributed by atoms with E-state index in [0.29, 0.717) is 17.3 Å². The Morgan fingerprint density at radius 2 is 2.29 bits per heavy atom. The van der Waals surface area contributed by atoms with Crippen molar-refractivity contribution < 1.29 is 14.6 Å². The number of halogens is 1. The third-order valence-corrected chi connectivity index (χ3v) is 4.31. The van der Waals surface area contributed by atoms with Crippen molar-refractivity contribution in [3.8, 4) is 17.1 Å². The third-order valence-electron chi connectivity index (χ3n) is 3.82. The van der Waals surface area contributed by atoms with Gasteiger partial charge in [0.2, 0.25) is 0 Å². The minimum Gasteiger partial charge on any atom is -0.476 e. The van der Waals surface area contributed by atoms with E-state index in [1.54, 1.807) is 16.4 Å². The molecule has 1 aliphatic heterocycles. The summed E-state index contributed by atoms with van der Waals surface area (Å²) >= 11 is 3.47. The van der Waals surface area contributed by atoms with Crippen LogP contribution in [0.25, 0.3) is 17.1 Å². The van der Waals surface area contributed by atoms with Crippen LogP contribution >= 0.6 is 15.9 Å². The van der Waals surface area contributed by atoms with Crippen molar-refractivity contribution in [3.05, 3.63) is 46.2 Å². The predicted molar refractivity (Wildman–Crippen MR) is 87.1 cm³/mol. The Balaban J connectivity index is 2.01. The minimum atomic E-state index is -1.07. The minimum absolute atomic E-state index is 0.0144. The second-order valence-corrected chi connectivity index (χ2v) is 6.23. The van der Waals surface area contributed by atoms with Gasteiger partial charge in [-0.15, -0.1) is 0 Å². The lowest BCUT2D eigenvalue weighted by Gasteiger charge is -2.08. The Morgan fingerprint density at radius 3 is 3.04 bits per heavy atom. The van der Waals surface area contributed by atoms with Crippen LogP contribution < -0.4 is 0 Å². The molecular weight excluding hydrogens is 378 g/mol. The third kappa shape index (κ3) is 2.24. The van der Waals surface area contributed by atoms with Gasteiger partial charge in [-0.3, -0.25) is 4.57 Å². The number of fused-ring (bicyclic) bond motifs is 5. The number of methoxy groups -OCH3 is 1. The van der Waals surface area contributed by atoms with Gasteiger partial charge < -0.3 is 9.84 Å². The quantitative estimate of drug-likeness (QED) is 0.576. The van der Waals surface area contributed by atoms with Crippen LogP contribution in [0, 0.1) is 0 Å². The average Bonchev–Trinajstić information content (AvgIpc) is 3.10. The molecule has 2 aromatic heterocycles. The van der Waals surface area contributed by atoms with Crippen LogP contribution in [0.1, 0.15) is 22.0 Å². The Morgan fingerprint density at radius 1 is 1.46 bits per heavy atom. The lowest BCUT2D eigenvalue weighted by atomic mass is 10.1. The SMILES string of the molecule is COCc1nc2n(n1)Cc1c(C(=O)O)ncn1-c1ccc(Br)cc1-2. The van der Waals surface area contributed by atoms with Gasteiger partial charge in [0.05, 0.1) is 17.9 Å². The van der Waals surface area contributed by atoms with E-state index in [1.165, 1.54) is 6.33 Å². The van der Waals surface area contributed by atoms with Crippen molar-refractivity contribution in [2.75, 3.05) is 7.11 Å². The van der Waals surface area contributed by atoms with Crippen LogP contribution in [0.2, 0.25) is 0 Å². The van der Waals surface area contributed by atoms with E-state index in [4.69, 9.17) is 4.74 Å². The smallest absolute Gasteiger partial charge is 0.356 e. The molecule has 1 N–H and O–H groups in total. The molecule has 0 spiro atoms. The number of carbonyl (C=O) groups is 1. The average molecular weight is 390 g/mol. The zero-order valence-corrected chi connectivity index (χ0v) is 14.2. The molecule has 0 fully saturated rings. The van der Waals surface area contributed by atoms with Gasteiger partial charge in [0.15, 0.2) is 17.3 Å². The highest BCUT2D eigenvalue weighted by Crippen LogP contribution is 2.33. The van der Waals surface area contributed by atoms with Crippen LogP contribution in [0.5, 0.6) is 0 Å². The predicted octanol–water partition coefficient (Wildman–Crippen LogP) is 2.10. The van der Waals surface area contributed by atoms with Crippen molar-refractivity contribution in [3.63, 3.8) is 0 Å². The number of ether oxygens (including phenoxy) is 1. The number of nitrogens with zero attached hydrogens (tertiary/aromatic N) is 5. The molecule has 0 aliphatic carbocycles. The molecule has 8 nitrogen and oxygen atoms in total. The van der Waals surface area contributed by atoms with E-state index in [9.17, 15) is 9.90 Å². The molecule has 9 heteroatoms. The van der Waals surface area contributed by atoms with Crippen molar-refractivity contribution >= 4 is 21.9 Å². The molecule has 0 saturated carbocycles. The van der Waals surface area contributed by atoms with E-state index in [2.05, 4.69) is 31.0 Å². The molecule has 4 rings (SSSR count). The molecule has 3 heterocycles. The summed E-state index contributed by atoms with van der Waals surface area (Å²) in [6.07, 6.45) is 1.52. The van der Waals surface area contributed by atoms with Crippen molar-refractivity contribution in [2.45, 2.75) is 13.2 Å². The first kappa shape index (κ1) is 15.0. The zero-order valence-electron chi connectivity index (χ0n) is 12.6. The number of carboxylic acid groups (broad SMARTS) is 1. The topological polar surface area (TPSA) is 95.1 Å². The summed E-state index contributed by atoms with van der Waals surface area (Å²) in [5.41, 5.74) is 2.22. The lowest BCUT2D eigenvalue weighted by molar-refractivity contribution is 0.0689. The van der Waals surface area contributed by atoms with Crippen molar-refractivity contribution in [2.24, 2.45) is 0 Å². The lowest BCUT2D eigenvalue weighted by Crippen LogP contribution is -2.10. The Labute approximate surface area is 144 Å². The fourth-order valence-electron chi connectivity index (χ4n) is 2.84. The molecule has 1 aliphatic rings. The highest BCUT2D eigenvalue weighted by molar-refractivity contribution is 9.10. The van der Waals surface area contributed by atoms with E-state index in [1.807, 2.05) is 18.2 Å². The molecule has 24 heavy (non-hydrogen) atoms. The Hall–Kier alpha value is -2.52. The number of rotatable bonds is 3. The maximum atomic E-state index is 11.5. The van der Waals surface area contributed by atoms with E-state index < -0.39 is 5.97 Å². The first-order valence-electron chi connectivity index (χ1n) is 7.11. The van der Waals surface area contributed by atoms with E-state index in [0.717, 1.165) is 15.7 Å². The van der Waals surface area contributed by atoms with Gasteiger partial charge in [-0.2, -0.15) is 5.10 Å². The molecule has 0 atom stereocenters. The maximum absolute atomic E-state index is 11.5. The van der Waals surface area contributed by atoms with Gasteiger partial charge in [-0.1, -0.05) is 15.9 Å². The fraction of sp³-hybridized carbons (Fsp3) is 0.200. The second kappa shape index (κ2) is 5.53. The summed E-state index contributed by atoms with van der Waals surface area (Å²) in [6, 6.07) is 5.73. The highest BCUT2D eigenvalue weighted by Gasteiger charge is 2.27. The number of imidazole rings is 1. The maximum Gasteiger partial charge on any atom is 0.356 e. The van der Waals surface area contributed by atoms with Gasteiger partial charge >= 0.3 is 5.97 Å². The molecule has 0 unspecified atom stereocenters. The summed E-state index contributed by atoms with van der Waals surface area (Å²) < 4.78 is 9.46. The van der Waals surface area contributed by atoms with Gasteiger partial charge in [0.25, 0.3) is 0 Å². The Bertz CT molecular complexity index is 962. The van der Waals surface area contributed by atoms with Crippen molar-refractivity contribution in [1.29, 1.82) is 0 Å². The molecule has 0 amide bonds. The summed E-state index contributed by atoms with van der Waals surface area (Å²) in [6.45, 7) is 0.550. The fourth-order valence-corrected chi connectivity index (χ4v) is 3.20. The summed E-state index contributed by atoms with van der Waals surface area (Å²) in [5, 5.41) is 13.8. The Kier molecular flexibility index (Phi) is 3.47. The van der Waals surface area contributed by atoms with Crippen LogP contribution in [-0.4, -0.2) is 42.5 Å². The monoisotopic (exact) mass is 389 g/mol. The number of benzene rings is 1. The number of carboxylic acids is 1. The number of hydrogen-bond donors (Lipinski definition) is 1. The standard InChI is InChI=1S/C15H12BrN5O3/c1-24-6-12-18-14-9-4-8(16)2-3-10(9)20-7-17-13(15(22)23)11(20)5-21(14)19-12/h2-4,7H,5-6H2,1H3,(H,22,23). The summed E-state index contributed by atoms with van der Waals surface area (Å²) in [4.78, 5) is 20.1. The molecule has 3 aromatic rings. The molecule has 0 saturated heterocycles. The van der Waals surface area contributed by atoms with Gasteiger partial charge in [-0.05, 0) is 18.2 Å². The molecule has 0 radical (unpaired) electrons. The first-order valence-corrected chi connectivity index (χ1v) is 7.90. The van der Waals surface area contributed by atoms with Crippen LogP contribution in [0.4, 0.5) is 0 Å². The number of hydrogen-bond acceptors (Lipinski definition) is 5. The van der Waals surface area contributed by atoms with Crippen LogP contribution in [-0.2, 0) is 17.9 Å². The van der Waals surface area contributed by atoms with E-state index in [-0.39, 0.29) is 18.8 Å². The van der Waals surface area contributed by atoms with Crippen molar-refractivity contribution in [1.82, 2.24) is 24.3 Å². The molecule has 0 bridgehead atoms. The van der Waals surface area contributed by atoms with Crippen LogP contribution in [0.15, 0.2) is 29.0 Å². The van der Waals surface area contributed by atoms with E-state index >= 15 is 0 Å².